The van der Waals surface area contributed by atoms with Gasteiger partial charge in [0.1, 0.15) is 5.82 Å². The topological polar surface area (TPSA) is 63.8 Å². The number of thiophene rings is 1. The van der Waals surface area contributed by atoms with Crippen LogP contribution in [0.25, 0.3) is 10.7 Å². The van der Waals surface area contributed by atoms with Gasteiger partial charge >= 0.3 is 0 Å². The van der Waals surface area contributed by atoms with Crippen LogP contribution < -0.4 is 11.3 Å². The van der Waals surface area contributed by atoms with Crippen molar-refractivity contribution in [2.45, 2.75) is 26.2 Å². The van der Waals surface area contributed by atoms with Crippen LogP contribution in [0.4, 0.5) is 5.82 Å². The van der Waals surface area contributed by atoms with Crippen molar-refractivity contribution in [2.24, 2.45) is 5.84 Å². The van der Waals surface area contributed by atoms with Gasteiger partial charge in [-0.2, -0.15) is 0 Å². The Morgan fingerprint density at radius 2 is 2.00 bits per heavy atom. The summed E-state index contributed by atoms with van der Waals surface area (Å²) in [6, 6.07) is 5.93. The molecule has 2 rings (SSSR count). The Morgan fingerprint density at radius 3 is 2.59 bits per heavy atom. The zero-order valence-electron chi connectivity index (χ0n) is 10.2. The molecular weight excluding hydrogens is 232 g/mol. The Bertz CT molecular complexity index is 513. The van der Waals surface area contributed by atoms with Gasteiger partial charge in [-0.05, 0) is 17.5 Å². The van der Waals surface area contributed by atoms with Crippen molar-refractivity contribution in [3.8, 4) is 10.7 Å². The van der Waals surface area contributed by atoms with Gasteiger partial charge in [0.05, 0.1) is 4.88 Å². The lowest BCUT2D eigenvalue weighted by Crippen LogP contribution is -2.09. The highest BCUT2D eigenvalue weighted by Gasteiger charge is 2.17. The van der Waals surface area contributed by atoms with Gasteiger partial charge in [0, 0.05) is 17.1 Å². The summed E-state index contributed by atoms with van der Waals surface area (Å²) in [5.41, 5.74) is 2.69. The van der Waals surface area contributed by atoms with Gasteiger partial charge in [-0.3, -0.25) is 0 Å². The Labute approximate surface area is 105 Å². The molecule has 2 aromatic rings. The first-order chi connectivity index (χ1) is 8.00. The minimum Gasteiger partial charge on any atom is -0.308 e. The first-order valence-corrected chi connectivity index (χ1v) is 6.23. The van der Waals surface area contributed by atoms with Crippen LogP contribution in [-0.2, 0) is 5.41 Å². The second-order valence-corrected chi connectivity index (χ2v) is 5.91. The average molecular weight is 248 g/mol. The average Bonchev–Trinajstić information content (AvgIpc) is 2.78. The lowest BCUT2D eigenvalue weighted by molar-refractivity contribution is 0.604. The first kappa shape index (κ1) is 12.0. The maximum absolute atomic E-state index is 5.33. The number of anilines is 1. The lowest BCUT2D eigenvalue weighted by Gasteiger charge is -2.15. The van der Waals surface area contributed by atoms with Gasteiger partial charge in [-0.25, -0.2) is 15.8 Å². The quantitative estimate of drug-likeness (QED) is 0.633. The third-order valence-electron chi connectivity index (χ3n) is 2.37. The molecule has 0 saturated carbocycles. The van der Waals surface area contributed by atoms with Gasteiger partial charge in [-0.15, -0.1) is 11.3 Å². The fourth-order valence-corrected chi connectivity index (χ4v) is 2.42. The van der Waals surface area contributed by atoms with Crippen LogP contribution in [-0.4, -0.2) is 9.97 Å². The predicted octanol–water partition coefficient (Wildman–Crippen LogP) is 2.79. The van der Waals surface area contributed by atoms with Gasteiger partial charge in [-0.1, -0.05) is 20.8 Å². The predicted molar refractivity (Wildman–Crippen MR) is 71.9 cm³/mol. The third-order valence-corrected chi connectivity index (χ3v) is 3.88. The van der Waals surface area contributed by atoms with Gasteiger partial charge in [0.2, 0.25) is 0 Å². The van der Waals surface area contributed by atoms with E-state index < -0.39 is 0 Å². The molecule has 0 atom stereocenters. The first-order valence-electron chi connectivity index (χ1n) is 5.41. The largest absolute Gasteiger partial charge is 0.308 e. The molecule has 4 nitrogen and oxygen atoms in total. The van der Waals surface area contributed by atoms with Crippen LogP contribution in [0.15, 0.2) is 24.4 Å². The standard InChI is InChI=1S/C12H16N4S/c1-12(2,3)9-5-4-8(17-9)11-14-7-6-10(15-11)16-13/h4-7H,13H2,1-3H3,(H,14,15,16). The van der Waals surface area contributed by atoms with E-state index in [0.29, 0.717) is 11.6 Å². The van der Waals surface area contributed by atoms with E-state index in [4.69, 9.17) is 5.84 Å². The molecule has 0 fully saturated rings. The molecule has 0 radical (unpaired) electrons. The molecule has 0 aromatic carbocycles. The van der Waals surface area contributed by atoms with E-state index in [1.54, 1.807) is 23.6 Å². The van der Waals surface area contributed by atoms with Gasteiger partial charge < -0.3 is 5.43 Å². The van der Waals surface area contributed by atoms with Crippen molar-refractivity contribution in [1.29, 1.82) is 0 Å². The smallest absolute Gasteiger partial charge is 0.171 e. The fourth-order valence-electron chi connectivity index (χ4n) is 1.42. The molecule has 0 unspecified atom stereocenters. The van der Waals surface area contributed by atoms with Crippen LogP contribution in [0.5, 0.6) is 0 Å². The van der Waals surface area contributed by atoms with E-state index in [2.05, 4.69) is 48.3 Å². The SMILES string of the molecule is CC(C)(C)c1ccc(-c2nccc(NN)n2)s1. The van der Waals surface area contributed by atoms with E-state index in [1.165, 1.54) is 4.88 Å². The molecule has 0 saturated heterocycles. The minimum absolute atomic E-state index is 0.159. The zero-order chi connectivity index (χ0) is 12.5. The number of nitrogens with zero attached hydrogens (tertiary/aromatic N) is 2. The third kappa shape index (κ3) is 2.62. The highest BCUT2D eigenvalue weighted by Crippen LogP contribution is 2.33. The number of hydrazine groups is 1. The van der Waals surface area contributed by atoms with Crippen LogP contribution in [0.1, 0.15) is 25.6 Å². The Kier molecular flexibility index (Phi) is 3.13. The normalized spacial score (nSPS) is 11.5. The fraction of sp³-hybridized carbons (Fsp3) is 0.333. The summed E-state index contributed by atoms with van der Waals surface area (Å²) >= 11 is 1.72. The van der Waals surface area contributed by atoms with Crippen LogP contribution in [0.2, 0.25) is 0 Å². The summed E-state index contributed by atoms with van der Waals surface area (Å²) in [5, 5.41) is 0. The van der Waals surface area contributed by atoms with E-state index in [9.17, 15) is 0 Å². The van der Waals surface area contributed by atoms with Gasteiger partial charge in [0.25, 0.3) is 0 Å². The Morgan fingerprint density at radius 1 is 1.24 bits per heavy atom. The van der Waals surface area contributed by atoms with Crippen molar-refractivity contribution in [3.63, 3.8) is 0 Å². The van der Waals surface area contributed by atoms with E-state index in [-0.39, 0.29) is 5.41 Å². The molecule has 90 valence electrons. The minimum atomic E-state index is 0.159. The highest BCUT2D eigenvalue weighted by molar-refractivity contribution is 7.15. The second-order valence-electron chi connectivity index (χ2n) is 4.82. The van der Waals surface area contributed by atoms with Crippen molar-refractivity contribution in [1.82, 2.24) is 9.97 Å². The van der Waals surface area contributed by atoms with Crippen molar-refractivity contribution >= 4 is 17.2 Å². The second kappa shape index (κ2) is 4.43. The molecule has 0 aliphatic carbocycles. The molecule has 3 N–H and O–H groups in total. The van der Waals surface area contributed by atoms with Gasteiger partial charge in [0.15, 0.2) is 5.82 Å². The summed E-state index contributed by atoms with van der Waals surface area (Å²) in [6.45, 7) is 6.59. The van der Waals surface area contributed by atoms with Crippen molar-refractivity contribution in [2.75, 3.05) is 5.43 Å². The Balaban J connectivity index is 2.37. The molecule has 0 spiro atoms. The zero-order valence-corrected chi connectivity index (χ0v) is 11.0. The number of rotatable bonds is 2. The number of hydrogen-bond donors (Lipinski definition) is 2. The summed E-state index contributed by atoms with van der Waals surface area (Å²) in [4.78, 5) is 11.0. The van der Waals surface area contributed by atoms with Crippen LogP contribution in [0.3, 0.4) is 0 Å². The van der Waals surface area contributed by atoms with E-state index in [1.807, 2.05) is 0 Å². The van der Waals surface area contributed by atoms with Crippen molar-refractivity contribution < 1.29 is 0 Å². The number of hydrogen-bond acceptors (Lipinski definition) is 5. The van der Waals surface area contributed by atoms with Crippen molar-refractivity contribution in [3.05, 3.63) is 29.3 Å². The molecule has 0 bridgehead atoms. The molecule has 5 heteroatoms. The maximum atomic E-state index is 5.33. The lowest BCUT2D eigenvalue weighted by atomic mass is 9.95. The number of nitrogens with two attached hydrogens (primary N) is 1. The maximum Gasteiger partial charge on any atom is 0.171 e. The monoisotopic (exact) mass is 248 g/mol. The molecule has 2 aromatic heterocycles. The summed E-state index contributed by atoms with van der Waals surface area (Å²) < 4.78 is 0. The number of aromatic nitrogens is 2. The Hall–Kier alpha value is -1.46. The molecule has 2 heterocycles. The summed E-state index contributed by atoms with van der Waals surface area (Å²) in [5.74, 6) is 6.67. The number of nitrogens with one attached hydrogen (secondary N) is 1. The van der Waals surface area contributed by atoms with Crippen LogP contribution >= 0.6 is 11.3 Å². The highest BCUT2D eigenvalue weighted by atomic mass is 32.1. The van der Waals surface area contributed by atoms with E-state index in [0.717, 1.165) is 4.88 Å². The van der Waals surface area contributed by atoms with Crippen LogP contribution in [0, 0.1) is 0 Å². The molecule has 0 aliphatic rings. The van der Waals surface area contributed by atoms with E-state index >= 15 is 0 Å². The summed E-state index contributed by atoms with van der Waals surface area (Å²) in [7, 11) is 0. The molecule has 17 heavy (non-hydrogen) atoms. The summed E-state index contributed by atoms with van der Waals surface area (Å²) in [6.07, 6.45) is 1.70. The molecular formula is C12H16N4S. The molecule has 0 aliphatic heterocycles. The number of nitrogen functional groups attached to an aromatic ring is 1. The molecule has 0 amide bonds.